The van der Waals surface area contributed by atoms with E-state index in [9.17, 15) is 18.0 Å². The molecule has 170 valence electrons. The van der Waals surface area contributed by atoms with Crippen LogP contribution in [0, 0.1) is 12.8 Å². The minimum absolute atomic E-state index is 0.204. The molecule has 0 spiro atoms. The maximum Gasteiger partial charge on any atom is 0.416 e. The lowest BCUT2D eigenvalue weighted by Crippen LogP contribution is -2.35. The van der Waals surface area contributed by atoms with Gasteiger partial charge in [-0.3, -0.25) is 4.79 Å². The molecule has 1 heterocycles. The zero-order chi connectivity index (χ0) is 22.7. The Morgan fingerprint density at radius 2 is 1.74 bits per heavy atom. The van der Waals surface area contributed by atoms with Gasteiger partial charge in [0.25, 0.3) is 0 Å². The molecule has 1 aliphatic rings. The molecular weight excluding hydrogens is 401 g/mol. The molecule has 1 aliphatic heterocycles. The summed E-state index contributed by atoms with van der Waals surface area (Å²) < 4.78 is 38.1. The van der Waals surface area contributed by atoms with Crippen molar-refractivity contribution in [3.63, 3.8) is 0 Å². The summed E-state index contributed by atoms with van der Waals surface area (Å²) in [6.45, 7) is 7.37. The summed E-state index contributed by atoms with van der Waals surface area (Å²) in [6, 6.07) is 15.0. The van der Waals surface area contributed by atoms with Crippen molar-refractivity contribution in [2.24, 2.45) is 5.92 Å². The lowest BCUT2D eigenvalue weighted by molar-refractivity contribution is -0.137. The SMILES string of the molecule is CCCCN1CCC(CC(=O)Nc2cccc(C(F)(F)F)c2)CC1.Cc1ccccc1. The van der Waals surface area contributed by atoms with Gasteiger partial charge in [-0.25, -0.2) is 0 Å². The molecule has 1 saturated heterocycles. The number of carbonyl (C=O) groups is 1. The molecule has 1 fully saturated rings. The zero-order valence-corrected chi connectivity index (χ0v) is 18.4. The highest BCUT2D eigenvalue weighted by molar-refractivity contribution is 5.90. The van der Waals surface area contributed by atoms with Gasteiger partial charge in [0.05, 0.1) is 5.56 Å². The van der Waals surface area contributed by atoms with Crippen molar-refractivity contribution < 1.29 is 18.0 Å². The number of nitrogens with one attached hydrogen (secondary N) is 1. The first kappa shape index (κ1) is 24.9. The Labute approximate surface area is 183 Å². The molecule has 0 radical (unpaired) electrons. The molecule has 2 aromatic rings. The Hall–Kier alpha value is -2.34. The predicted molar refractivity (Wildman–Crippen MR) is 120 cm³/mol. The summed E-state index contributed by atoms with van der Waals surface area (Å²) in [6.07, 6.45) is 0.295. The summed E-state index contributed by atoms with van der Waals surface area (Å²) in [5.41, 5.74) is 0.780. The molecule has 2 aromatic carbocycles. The van der Waals surface area contributed by atoms with Gasteiger partial charge in [0.1, 0.15) is 0 Å². The van der Waals surface area contributed by atoms with Crippen LogP contribution in [0.4, 0.5) is 18.9 Å². The number of benzene rings is 2. The first-order valence-corrected chi connectivity index (χ1v) is 11.0. The van der Waals surface area contributed by atoms with Gasteiger partial charge in [0.2, 0.25) is 5.91 Å². The number of halogens is 3. The van der Waals surface area contributed by atoms with E-state index in [1.165, 1.54) is 30.5 Å². The molecule has 1 amide bonds. The molecule has 0 bridgehead atoms. The molecule has 0 saturated carbocycles. The van der Waals surface area contributed by atoms with Gasteiger partial charge in [-0.05, 0) is 69.9 Å². The van der Waals surface area contributed by atoms with E-state index in [0.717, 1.165) is 44.6 Å². The van der Waals surface area contributed by atoms with Gasteiger partial charge >= 0.3 is 6.18 Å². The lowest BCUT2D eigenvalue weighted by Gasteiger charge is -2.31. The molecule has 3 nitrogen and oxygen atoms in total. The van der Waals surface area contributed by atoms with E-state index in [4.69, 9.17) is 0 Å². The molecule has 0 aromatic heterocycles. The average Bonchev–Trinajstić information content (AvgIpc) is 2.74. The van der Waals surface area contributed by atoms with Crippen LogP contribution in [0.5, 0.6) is 0 Å². The molecule has 0 unspecified atom stereocenters. The van der Waals surface area contributed by atoms with Crippen LogP contribution in [0.3, 0.4) is 0 Å². The number of likely N-dealkylation sites (tertiary alicyclic amines) is 1. The number of hydrogen-bond acceptors (Lipinski definition) is 2. The van der Waals surface area contributed by atoms with E-state index in [2.05, 4.69) is 36.2 Å². The van der Waals surface area contributed by atoms with Gasteiger partial charge in [-0.15, -0.1) is 0 Å². The number of piperidine rings is 1. The fraction of sp³-hybridized carbons (Fsp3) is 0.480. The molecular formula is C25H33F3N2O. The Balaban J connectivity index is 0.000000412. The van der Waals surface area contributed by atoms with Crippen LogP contribution in [0.15, 0.2) is 54.6 Å². The molecule has 31 heavy (non-hydrogen) atoms. The number of rotatable bonds is 6. The normalized spacial score (nSPS) is 15.1. The minimum atomic E-state index is -4.40. The van der Waals surface area contributed by atoms with Crippen LogP contribution < -0.4 is 5.32 Å². The summed E-state index contributed by atoms with van der Waals surface area (Å²) in [5.74, 6) is 0.106. The number of anilines is 1. The first-order chi connectivity index (χ1) is 14.8. The second kappa shape index (κ2) is 12.5. The number of nitrogens with zero attached hydrogens (tertiary/aromatic N) is 1. The van der Waals surface area contributed by atoms with Crippen molar-refractivity contribution in [2.75, 3.05) is 25.0 Å². The van der Waals surface area contributed by atoms with Crippen molar-refractivity contribution in [1.82, 2.24) is 4.90 Å². The Morgan fingerprint density at radius 1 is 1.06 bits per heavy atom. The largest absolute Gasteiger partial charge is 0.416 e. The summed E-state index contributed by atoms with van der Waals surface area (Å²) in [4.78, 5) is 14.5. The molecule has 0 atom stereocenters. The second-order valence-electron chi connectivity index (χ2n) is 8.12. The minimum Gasteiger partial charge on any atom is -0.326 e. The third-order valence-electron chi connectivity index (χ3n) is 5.42. The third kappa shape index (κ3) is 9.55. The van der Waals surface area contributed by atoms with Gasteiger partial charge in [-0.1, -0.05) is 55.3 Å². The summed E-state index contributed by atoms with van der Waals surface area (Å²) >= 11 is 0. The summed E-state index contributed by atoms with van der Waals surface area (Å²) in [7, 11) is 0. The Morgan fingerprint density at radius 3 is 2.29 bits per heavy atom. The second-order valence-corrected chi connectivity index (χ2v) is 8.12. The highest BCUT2D eigenvalue weighted by atomic mass is 19.4. The van der Waals surface area contributed by atoms with Crippen LogP contribution in [0.25, 0.3) is 0 Å². The van der Waals surface area contributed by atoms with Gasteiger partial charge in [-0.2, -0.15) is 13.2 Å². The van der Waals surface area contributed by atoms with Gasteiger partial charge in [0, 0.05) is 12.1 Å². The molecule has 3 rings (SSSR count). The van der Waals surface area contributed by atoms with Crippen LogP contribution in [-0.2, 0) is 11.0 Å². The average molecular weight is 435 g/mol. The topological polar surface area (TPSA) is 32.3 Å². The fourth-order valence-electron chi connectivity index (χ4n) is 3.58. The predicted octanol–water partition coefficient (Wildman–Crippen LogP) is 6.54. The monoisotopic (exact) mass is 434 g/mol. The third-order valence-corrected chi connectivity index (χ3v) is 5.42. The smallest absolute Gasteiger partial charge is 0.326 e. The number of unbranched alkanes of at least 4 members (excludes halogenated alkanes) is 1. The first-order valence-electron chi connectivity index (χ1n) is 11.0. The van der Waals surface area contributed by atoms with Gasteiger partial charge < -0.3 is 10.2 Å². The fourth-order valence-corrected chi connectivity index (χ4v) is 3.58. The highest BCUT2D eigenvalue weighted by Gasteiger charge is 2.30. The van der Waals surface area contributed by atoms with E-state index in [1.54, 1.807) is 0 Å². The Bertz CT molecular complexity index is 785. The van der Waals surface area contributed by atoms with E-state index in [0.29, 0.717) is 12.3 Å². The van der Waals surface area contributed by atoms with Crippen molar-refractivity contribution in [3.8, 4) is 0 Å². The highest BCUT2D eigenvalue weighted by Crippen LogP contribution is 2.31. The standard InChI is InChI=1S/C18H25F3N2O.C7H8/c1-2-3-9-23-10-7-14(8-11-23)12-17(24)22-16-6-4-5-15(13-16)18(19,20)21;1-7-5-3-2-4-6-7/h4-6,13-14H,2-3,7-12H2,1H3,(H,22,24);2-6H,1H3. The van der Waals surface area contributed by atoms with Crippen molar-refractivity contribution in [3.05, 3.63) is 65.7 Å². The van der Waals surface area contributed by atoms with Crippen molar-refractivity contribution in [2.45, 2.75) is 52.1 Å². The van der Waals surface area contributed by atoms with E-state index in [-0.39, 0.29) is 11.6 Å². The Kier molecular flexibility index (Phi) is 10.0. The number of amides is 1. The maximum atomic E-state index is 12.7. The lowest BCUT2D eigenvalue weighted by atomic mass is 9.93. The van der Waals surface area contributed by atoms with Crippen LogP contribution >= 0.6 is 0 Å². The quantitative estimate of drug-likeness (QED) is 0.560. The number of alkyl halides is 3. The van der Waals surface area contributed by atoms with Crippen LogP contribution in [0.2, 0.25) is 0 Å². The van der Waals surface area contributed by atoms with E-state index < -0.39 is 11.7 Å². The van der Waals surface area contributed by atoms with E-state index in [1.807, 2.05) is 18.2 Å². The summed E-state index contributed by atoms with van der Waals surface area (Å²) in [5, 5.41) is 2.59. The number of carbonyl (C=O) groups excluding carboxylic acids is 1. The zero-order valence-electron chi connectivity index (χ0n) is 18.4. The number of aryl methyl sites for hydroxylation is 1. The number of hydrogen-bond donors (Lipinski definition) is 1. The van der Waals surface area contributed by atoms with E-state index >= 15 is 0 Å². The molecule has 1 N–H and O–H groups in total. The van der Waals surface area contributed by atoms with Crippen LogP contribution in [0.1, 0.15) is 50.2 Å². The molecule has 6 heteroatoms. The molecule has 0 aliphatic carbocycles. The van der Waals surface area contributed by atoms with Gasteiger partial charge in [0.15, 0.2) is 0 Å². The van der Waals surface area contributed by atoms with Crippen molar-refractivity contribution in [1.29, 1.82) is 0 Å². The maximum absolute atomic E-state index is 12.7. The van der Waals surface area contributed by atoms with Crippen LogP contribution in [-0.4, -0.2) is 30.4 Å². The van der Waals surface area contributed by atoms with Crippen molar-refractivity contribution >= 4 is 11.6 Å².